The van der Waals surface area contributed by atoms with Crippen molar-refractivity contribution in [2.24, 2.45) is 0 Å². The van der Waals surface area contributed by atoms with Gasteiger partial charge >= 0.3 is 73.1 Å². The van der Waals surface area contributed by atoms with Crippen molar-refractivity contribution in [2.45, 2.75) is 185 Å². The first-order chi connectivity index (χ1) is 64.4. The molecular formula is C84H156N20O32. The molecule has 784 valence electrons. The first kappa shape index (κ1) is 123. The average Bonchev–Trinajstić information content (AvgIpc) is 0.868. The van der Waals surface area contributed by atoms with Gasteiger partial charge < -0.3 is 121 Å². The van der Waals surface area contributed by atoms with Crippen molar-refractivity contribution in [3.8, 4) is 0 Å². The maximum absolute atomic E-state index is 15.3. The highest BCUT2D eigenvalue weighted by Crippen LogP contribution is 2.13. The number of amides is 16. The minimum absolute atomic E-state index is 0.0245. The van der Waals surface area contributed by atoms with Crippen LogP contribution in [0.2, 0.25) is 0 Å². The van der Waals surface area contributed by atoms with E-state index in [4.69, 9.17) is 77.0 Å². The molecule has 1 rings (SSSR count). The van der Waals surface area contributed by atoms with E-state index in [-0.39, 0.29) is 275 Å². The van der Waals surface area contributed by atoms with Crippen LogP contribution >= 0.6 is 0 Å². The fourth-order valence-corrected chi connectivity index (χ4v) is 11.2. The molecule has 1 heterocycles. The minimum Gasteiger partial charge on any atom is -0.449 e. The van der Waals surface area contributed by atoms with Crippen LogP contribution in [0.1, 0.15) is 162 Å². The van der Waals surface area contributed by atoms with Gasteiger partial charge in [-0.05, 0) is 134 Å². The Kier molecular flexibility index (Phi) is 65.2. The van der Waals surface area contributed by atoms with E-state index in [1.165, 1.54) is 19.6 Å². The topological polar surface area (TPSA) is 591 Å². The molecule has 0 bridgehead atoms. The van der Waals surface area contributed by atoms with E-state index < -0.39 is 132 Å². The Morgan fingerprint density at radius 1 is 0.221 bits per heavy atom. The molecule has 0 aromatic rings. The lowest BCUT2D eigenvalue weighted by atomic mass is 10.2. The zero-order valence-electron chi connectivity index (χ0n) is 82.6. The number of ether oxygens (including phenoxy) is 8. The third-order valence-electron chi connectivity index (χ3n) is 17.6. The number of hydrogen-bond donors (Lipinski definition) is 12. The molecule has 0 aromatic heterocycles. The van der Waals surface area contributed by atoms with Gasteiger partial charge in [-0.2, -0.15) is 19.6 Å². The highest BCUT2D eigenvalue weighted by Gasteiger charge is 2.30. The predicted molar refractivity (Wildman–Crippen MR) is 488 cm³/mol. The third-order valence-corrected chi connectivity index (χ3v) is 17.6. The van der Waals surface area contributed by atoms with Crippen LogP contribution in [0, 0.1) is 0 Å². The van der Waals surface area contributed by atoms with Crippen LogP contribution in [0.4, 0.5) is 57.5 Å². The second kappa shape index (κ2) is 72.2. The van der Waals surface area contributed by atoms with E-state index in [1.807, 2.05) is 0 Å². The number of hydrogen-bond acceptors (Lipinski definition) is 36. The molecule has 1 saturated heterocycles. The SMILES string of the molecule is CCCOOC(=O)NCCN(CCNC(=O)OOCCC)C(=O)CN1CCN(CC(=O)N(CCNC(=O)OCCCNC(=O)OC(C)(C)C)CCNC(=O)OCCCNC(=O)OC(C)(C)C)CCN(CC(=O)N(CCNC(=O)OCCCNC(=O)OC(C)(C)C)CCNC(=O)OCCCNC(=O)OC(C)(C)C)CCN(CC(=O)N(CCNC(=O)OOCCC)CCNC(=O)OOCCC)CC1. The van der Waals surface area contributed by atoms with E-state index in [0.29, 0.717) is 25.7 Å². The fraction of sp³-hybridized carbons (Fsp3) is 0.810. The van der Waals surface area contributed by atoms with Gasteiger partial charge in [0, 0.05) is 183 Å². The summed E-state index contributed by atoms with van der Waals surface area (Å²) >= 11 is 0. The highest BCUT2D eigenvalue weighted by atomic mass is 17.2. The molecule has 1 aliphatic heterocycles. The molecule has 0 unspecified atom stereocenters. The van der Waals surface area contributed by atoms with Crippen LogP contribution < -0.4 is 63.8 Å². The molecule has 0 saturated carbocycles. The Morgan fingerprint density at radius 2 is 0.375 bits per heavy atom. The van der Waals surface area contributed by atoms with Gasteiger partial charge in [-0.25, -0.2) is 57.5 Å². The van der Waals surface area contributed by atoms with Crippen LogP contribution in [0.25, 0.3) is 0 Å². The summed E-state index contributed by atoms with van der Waals surface area (Å²) in [6, 6.07) is 0. The van der Waals surface area contributed by atoms with Crippen molar-refractivity contribution in [1.29, 1.82) is 0 Å². The lowest BCUT2D eigenvalue weighted by Crippen LogP contribution is -2.54. The monoisotopic (exact) mass is 1960 g/mol. The smallest absolute Gasteiger partial charge is 0.438 e. The van der Waals surface area contributed by atoms with E-state index in [2.05, 4.69) is 63.8 Å². The van der Waals surface area contributed by atoms with Crippen LogP contribution in [0.3, 0.4) is 0 Å². The lowest BCUT2D eigenvalue weighted by Gasteiger charge is -2.36. The summed E-state index contributed by atoms with van der Waals surface area (Å²) in [7, 11) is 0. The van der Waals surface area contributed by atoms with E-state index in [9.17, 15) is 57.5 Å². The summed E-state index contributed by atoms with van der Waals surface area (Å²) in [5.74, 6) is -2.21. The zero-order valence-corrected chi connectivity index (χ0v) is 82.6. The molecule has 12 N–H and O–H groups in total. The second-order valence-electron chi connectivity index (χ2n) is 34.5. The van der Waals surface area contributed by atoms with Crippen molar-refractivity contribution >= 4 is 96.7 Å². The van der Waals surface area contributed by atoms with E-state index >= 15 is 19.2 Å². The predicted octanol–water partition coefficient (Wildman–Crippen LogP) is 3.36. The maximum atomic E-state index is 15.3. The number of carbonyl (C=O) groups is 16. The van der Waals surface area contributed by atoms with Crippen LogP contribution in [0.15, 0.2) is 0 Å². The standard InChI is InChI=1S/C84H156N20O32/c1-17-53-125-133-77(117)93-33-41-103(42-34-94-78(118)134-126-54-18-2)67(107)63-99-49-47-97(61-65(105)101(37-29-89-69(109)121-57-21-25-85-73(113)129-81(5,6)7)38-30-90-70(110)122-58-22-26-86-74(114)130-82(8,9)10)45-46-98(48-50-100(52-51-99)64-68(108)104(43-35-95-79(119)135-127-55-19-3)44-36-96-80(120)136-128-56-20-4)62-66(106)102(39-31-91-71(111)123-59-23-27-87-75(115)131-83(11,12)13)40-32-92-72(112)124-60-24-28-88-76(116)132-84(14,15)16/h17-64H2,1-16H3,(H,85,113)(H,86,114)(H,87,115)(H,88,116)(H,89,109)(H,90,110)(H,91,111)(H,92,112)(H,93,117)(H,94,118)(H,95,119)(H,96,120). The number of alkyl carbamates (subject to hydrolysis) is 8. The van der Waals surface area contributed by atoms with Crippen LogP contribution in [0.5, 0.6) is 0 Å². The second-order valence-corrected chi connectivity index (χ2v) is 34.5. The van der Waals surface area contributed by atoms with Gasteiger partial charge in [-0.1, -0.05) is 27.7 Å². The molecule has 0 aliphatic carbocycles. The third kappa shape index (κ3) is 70.5. The van der Waals surface area contributed by atoms with E-state index in [1.54, 1.807) is 130 Å². The number of nitrogens with one attached hydrogen (secondary N) is 12. The summed E-state index contributed by atoms with van der Waals surface area (Å²) in [5, 5.41) is 31.0. The normalized spacial score (nSPS) is 12.9. The molecule has 0 spiro atoms. The largest absolute Gasteiger partial charge is 0.449 e. The van der Waals surface area contributed by atoms with Crippen molar-refractivity contribution in [2.75, 3.05) is 262 Å². The summed E-state index contributed by atoms with van der Waals surface area (Å²) in [6.07, 6.45) is -7.07. The summed E-state index contributed by atoms with van der Waals surface area (Å²) in [5.41, 5.74) is -3.04. The zero-order chi connectivity index (χ0) is 102. The van der Waals surface area contributed by atoms with Crippen molar-refractivity contribution in [3.63, 3.8) is 0 Å². The molecule has 1 aliphatic rings. The molecule has 52 heteroatoms. The molecule has 136 heavy (non-hydrogen) atoms. The van der Waals surface area contributed by atoms with Crippen LogP contribution in [-0.2, 0) is 96.2 Å². The van der Waals surface area contributed by atoms with Crippen LogP contribution in [-0.4, -0.2) is 421 Å². The highest BCUT2D eigenvalue weighted by molar-refractivity contribution is 5.81. The molecule has 1 fully saturated rings. The molecule has 0 atom stereocenters. The Balaban J connectivity index is 4.36. The summed E-state index contributed by atoms with van der Waals surface area (Å²) in [4.78, 5) is 265. The maximum Gasteiger partial charge on any atom is 0.438 e. The molecule has 0 aromatic carbocycles. The number of carbonyl (C=O) groups excluding carboxylic acids is 16. The Morgan fingerprint density at radius 3 is 0.529 bits per heavy atom. The average molecular weight is 1960 g/mol. The van der Waals surface area contributed by atoms with Crippen molar-refractivity contribution < 1.29 is 154 Å². The lowest BCUT2D eigenvalue weighted by molar-refractivity contribution is -0.238. The van der Waals surface area contributed by atoms with Gasteiger partial charge in [0.05, 0.1) is 79.0 Å². The van der Waals surface area contributed by atoms with Gasteiger partial charge in [0.15, 0.2) is 0 Å². The van der Waals surface area contributed by atoms with E-state index in [0.717, 1.165) is 0 Å². The summed E-state index contributed by atoms with van der Waals surface area (Å²) < 4.78 is 42.6. The molecule has 0 radical (unpaired) electrons. The Hall–Kier alpha value is -11.2. The number of rotatable bonds is 60. The van der Waals surface area contributed by atoms with Crippen molar-refractivity contribution in [1.82, 2.24) is 103 Å². The minimum atomic E-state index is -0.957. The van der Waals surface area contributed by atoms with Gasteiger partial charge in [0.1, 0.15) is 22.4 Å². The Labute approximate surface area is 797 Å². The summed E-state index contributed by atoms with van der Waals surface area (Å²) in [6.45, 7) is 23.2. The number of nitrogens with zero attached hydrogens (tertiary/aromatic N) is 8. The molecule has 16 amide bonds. The van der Waals surface area contributed by atoms with Gasteiger partial charge in [0.2, 0.25) is 23.6 Å². The molecular weight excluding hydrogens is 1800 g/mol. The first-order valence-electron chi connectivity index (χ1n) is 46.2. The van der Waals surface area contributed by atoms with Gasteiger partial charge in [-0.15, -0.1) is 0 Å². The van der Waals surface area contributed by atoms with Gasteiger partial charge in [-0.3, -0.25) is 58.3 Å². The quantitative estimate of drug-likeness (QED) is 0.0180. The van der Waals surface area contributed by atoms with Crippen molar-refractivity contribution in [3.05, 3.63) is 0 Å². The fourth-order valence-electron chi connectivity index (χ4n) is 11.2. The molecule has 52 nitrogen and oxygen atoms in total. The first-order valence-corrected chi connectivity index (χ1v) is 46.2. The Bertz CT molecular complexity index is 3110. The van der Waals surface area contributed by atoms with Gasteiger partial charge in [0.25, 0.3) is 0 Å².